The third-order valence-corrected chi connectivity index (χ3v) is 2.70. The molecule has 100 valence electrons. The molecule has 0 aliphatic rings. The molecule has 0 bridgehead atoms. The maximum absolute atomic E-state index is 11.5. The lowest BCUT2D eigenvalue weighted by atomic mass is 10.1. The minimum absolute atomic E-state index is 0.0336. The Morgan fingerprint density at radius 3 is 2.72 bits per heavy atom. The third kappa shape index (κ3) is 5.17. The van der Waals surface area contributed by atoms with Crippen LogP contribution in [0.2, 0.25) is 0 Å². The molecule has 0 saturated carbocycles. The number of unbranched alkanes of at least 4 members (excludes halogenated alkanes) is 3. The van der Waals surface area contributed by atoms with Crippen LogP contribution in [-0.2, 0) is 4.79 Å². The van der Waals surface area contributed by atoms with Crippen LogP contribution < -0.4 is 5.43 Å². The van der Waals surface area contributed by atoms with Crippen LogP contribution in [0, 0.1) is 6.92 Å². The SMILES string of the molecule is CCCCCCC(=O)N/N=C(\C)c1ccc(C)o1. The van der Waals surface area contributed by atoms with E-state index in [0.29, 0.717) is 17.9 Å². The lowest BCUT2D eigenvalue weighted by Crippen LogP contribution is -2.18. The summed E-state index contributed by atoms with van der Waals surface area (Å²) in [5.41, 5.74) is 3.24. The zero-order valence-corrected chi connectivity index (χ0v) is 11.5. The average Bonchev–Trinajstić information content (AvgIpc) is 2.78. The van der Waals surface area contributed by atoms with Gasteiger partial charge in [0.15, 0.2) is 0 Å². The van der Waals surface area contributed by atoms with E-state index in [0.717, 1.165) is 18.6 Å². The van der Waals surface area contributed by atoms with Crippen molar-refractivity contribution < 1.29 is 9.21 Å². The number of aryl methyl sites for hydroxylation is 1. The predicted molar refractivity (Wildman–Crippen MR) is 72.6 cm³/mol. The van der Waals surface area contributed by atoms with E-state index in [9.17, 15) is 4.79 Å². The highest BCUT2D eigenvalue weighted by molar-refractivity contribution is 5.96. The number of nitrogens with one attached hydrogen (secondary N) is 1. The number of carbonyl (C=O) groups excluding carboxylic acids is 1. The minimum atomic E-state index is -0.0336. The standard InChI is InChI=1S/C14H22N2O2/c1-4-5-6-7-8-14(17)16-15-12(3)13-10-9-11(2)18-13/h9-10H,4-8H2,1-3H3,(H,16,17)/b15-12+. The molecular weight excluding hydrogens is 228 g/mol. The van der Waals surface area contributed by atoms with Crippen molar-refractivity contribution in [2.45, 2.75) is 52.9 Å². The number of amides is 1. The first-order chi connectivity index (χ1) is 8.63. The third-order valence-electron chi connectivity index (χ3n) is 2.70. The van der Waals surface area contributed by atoms with E-state index in [-0.39, 0.29) is 5.91 Å². The lowest BCUT2D eigenvalue weighted by molar-refractivity contribution is -0.121. The van der Waals surface area contributed by atoms with E-state index in [2.05, 4.69) is 17.5 Å². The number of hydrazone groups is 1. The first kappa shape index (κ1) is 14.5. The average molecular weight is 250 g/mol. The van der Waals surface area contributed by atoms with Crippen LogP contribution in [0.15, 0.2) is 21.7 Å². The van der Waals surface area contributed by atoms with Crippen molar-refractivity contribution in [1.29, 1.82) is 0 Å². The molecule has 18 heavy (non-hydrogen) atoms. The molecule has 0 aliphatic heterocycles. The Labute approximate surface area is 108 Å². The van der Waals surface area contributed by atoms with Crippen molar-refractivity contribution in [3.05, 3.63) is 23.7 Å². The van der Waals surface area contributed by atoms with Crippen LogP contribution >= 0.6 is 0 Å². The maximum Gasteiger partial charge on any atom is 0.240 e. The Hall–Kier alpha value is -1.58. The molecule has 0 radical (unpaired) electrons. The van der Waals surface area contributed by atoms with Gasteiger partial charge in [0.1, 0.15) is 17.2 Å². The fourth-order valence-electron chi connectivity index (χ4n) is 1.60. The zero-order valence-electron chi connectivity index (χ0n) is 11.5. The second kappa shape index (κ2) is 7.69. The van der Waals surface area contributed by atoms with Crippen LogP contribution in [0.3, 0.4) is 0 Å². The number of furan rings is 1. The summed E-state index contributed by atoms with van der Waals surface area (Å²) in [6.07, 6.45) is 4.92. The molecule has 0 fully saturated rings. The monoisotopic (exact) mass is 250 g/mol. The zero-order chi connectivity index (χ0) is 13.4. The van der Waals surface area contributed by atoms with Gasteiger partial charge in [-0.2, -0.15) is 5.10 Å². The van der Waals surface area contributed by atoms with Gasteiger partial charge >= 0.3 is 0 Å². The van der Waals surface area contributed by atoms with Crippen LogP contribution in [0.1, 0.15) is 57.5 Å². The largest absolute Gasteiger partial charge is 0.460 e. The summed E-state index contributed by atoms with van der Waals surface area (Å²) < 4.78 is 5.41. The Kier molecular flexibility index (Phi) is 6.19. The fourth-order valence-corrected chi connectivity index (χ4v) is 1.60. The summed E-state index contributed by atoms with van der Waals surface area (Å²) in [4.78, 5) is 11.5. The van der Waals surface area contributed by atoms with Gasteiger partial charge in [-0.05, 0) is 32.4 Å². The van der Waals surface area contributed by atoms with Gasteiger partial charge < -0.3 is 4.42 Å². The van der Waals surface area contributed by atoms with Gasteiger partial charge in [-0.15, -0.1) is 0 Å². The normalized spacial score (nSPS) is 11.6. The molecule has 0 atom stereocenters. The Bertz CT molecular complexity index is 408. The molecule has 4 nitrogen and oxygen atoms in total. The van der Waals surface area contributed by atoms with Crippen molar-refractivity contribution in [1.82, 2.24) is 5.43 Å². The lowest BCUT2D eigenvalue weighted by Gasteiger charge is -2.01. The molecule has 0 spiro atoms. The van der Waals surface area contributed by atoms with E-state index in [1.165, 1.54) is 12.8 Å². The molecule has 1 heterocycles. The van der Waals surface area contributed by atoms with Crippen molar-refractivity contribution in [2.75, 3.05) is 0 Å². The van der Waals surface area contributed by atoms with Gasteiger partial charge in [0.05, 0.1) is 0 Å². The molecule has 1 amide bonds. The second-order valence-electron chi connectivity index (χ2n) is 4.45. The fraction of sp³-hybridized carbons (Fsp3) is 0.571. The van der Waals surface area contributed by atoms with Gasteiger partial charge in [-0.3, -0.25) is 4.79 Å². The van der Waals surface area contributed by atoms with Crippen molar-refractivity contribution in [3.8, 4) is 0 Å². The summed E-state index contributed by atoms with van der Waals surface area (Å²) in [5, 5.41) is 4.03. The van der Waals surface area contributed by atoms with E-state index in [4.69, 9.17) is 4.42 Å². The van der Waals surface area contributed by atoms with Gasteiger partial charge in [0.25, 0.3) is 0 Å². The number of nitrogens with zero attached hydrogens (tertiary/aromatic N) is 1. The first-order valence-corrected chi connectivity index (χ1v) is 6.53. The van der Waals surface area contributed by atoms with E-state index < -0.39 is 0 Å². The quantitative estimate of drug-likeness (QED) is 0.458. The van der Waals surface area contributed by atoms with Crippen LogP contribution in [0.4, 0.5) is 0 Å². The number of hydrogen-bond acceptors (Lipinski definition) is 3. The minimum Gasteiger partial charge on any atom is -0.460 e. The van der Waals surface area contributed by atoms with Crippen molar-refractivity contribution in [3.63, 3.8) is 0 Å². The molecule has 1 N–H and O–H groups in total. The first-order valence-electron chi connectivity index (χ1n) is 6.53. The number of hydrogen-bond donors (Lipinski definition) is 1. The van der Waals surface area contributed by atoms with Gasteiger partial charge in [-0.1, -0.05) is 26.2 Å². The molecular formula is C14H22N2O2. The Morgan fingerprint density at radius 2 is 2.11 bits per heavy atom. The molecule has 0 saturated heterocycles. The molecule has 4 heteroatoms. The second-order valence-corrected chi connectivity index (χ2v) is 4.45. The van der Waals surface area contributed by atoms with Gasteiger partial charge in [0, 0.05) is 6.42 Å². The predicted octanol–water partition coefficient (Wildman–Crippen LogP) is 3.40. The Balaban J connectivity index is 2.32. The molecule has 0 aliphatic carbocycles. The topological polar surface area (TPSA) is 54.6 Å². The Morgan fingerprint density at radius 1 is 1.33 bits per heavy atom. The smallest absolute Gasteiger partial charge is 0.240 e. The highest BCUT2D eigenvalue weighted by Gasteiger charge is 2.04. The maximum atomic E-state index is 11.5. The van der Waals surface area contributed by atoms with Crippen LogP contribution in [-0.4, -0.2) is 11.6 Å². The summed E-state index contributed by atoms with van der Waals surface area (Å²) in [5.74, 6) is 1.50. The highest BCUT2D eigenvalue weighted by Crippen LogP contribution is 2.07. The van der Waals surface area contributed by atoms with Gasteiger partial charge in [0.2, 0.25) is 5.91 Å². The molecule has 1 aromatic heterocycles. The molecule has 1 rings (SSSR count). The van der Waals surface area contributed by atoms with E-state index >= 15 is 0 Å². The van der Waals surface area contributed by atoms with Crippen molar-refractivity contribution in [2.24, 2.45) is 5.10 Å². The summed E-state index contributed by atoms with van der Waals surface area (Å²) in [6, 6.07) is 3.72. The molecule has 0 unspecified atom stereocenters. The number of carbonyl (C=O) groups is 1. The van der Waals surface area contributed by atoms with Gasteiger partial charge in [-0.25, -0.2) is 5.43 Å². The van der Waals surface area contributed by atoms with Crippen LogP contribution in [0.25, 0.3) is 0 Å². The number of rotatable bonds is 7. The summed E-state index contributed by atoms with van der Waals surface area (Å²) in [6.45, 7) is 5.85. The van der Waals surface area contributed by atoms with E-state index in [1.807, 2.05) is 26.0 Å². The highest BCUT2D eigenvalue weighted by atomic mass is 16.3. The van der Waals surface area contributed by atoms with Crippen molar-refractivity contribution >= 4 is 11.6 Å². The van der Waals surface area contributed by atoms with E-state index in [1.54, 1.807) is 0 Å². The molecule has 1 aromatic rings. The molecule has 0 aromatic carbocycles. The summed E-state index contributed by atoms with van der Waals surface area (Å²) >= 11 is 0. The van der Waals surface area contributed by atoms with Crippen LogP contribution in [0.5, 0.6) is 0 Å². The summed E-state index contributed by atoms with van der Waals surface area (Å²) in [7, 11) is 0.